The first kappa shape index (κ1) is 9.02. The van der Waals surface area contributed by atoms with Gasteiger partial charge in [-0.2, -0.15) is 0 Å². The Labute approximate surface area is 91.1 Å². The van der Waals surface area contributed by atoms with Crippen LogP contribution in [0.3, 0.4) is 0 Å². The van der Waals surface area contributed by atoms with E-state index in [1.807, 2.05) is 12.1 Å². The highest BCUT2D eigenvalue weighted by molar-refractivity contribution is 9.11. The van der Waals surface area contributed by atoms with Crippen molar-refractivity contribution in [1.29, 1.82) is 0 Å². The van der Waals surface area contributed by atoms with Gasteiger partial charge in [-0.1, -0.05) is 15.9 Å². The Morgan fingerprint density at radius 2 is 2.08 bits per heavy atom. The van der Waals surface area contributed by atoms with Crippen LogP contribution in [0.2, 0.25) is 0 Å². The normalized spacial score (nSPS) is 11.0. The average Bonchev–Trinajstić information content (AvgIpc) is 2.32. The van der Waals surface area contributed by atoms with Crippen LogP contribution in [0, 0.1) is 12.1 Å². The molecule has 2 aromatic rings. The molecule has 0 bridgehead atoms. The van der Waals surface area contributed by atoms with Gasteiger partial charge in [0.2, 0.25) is 0 Å². The zero-order valence-corrected chi connectivity index (χ0v) is 9.85. The van der Waals surface area contributed by atoms with E-state index in [1.54, 1.807) is 6.92 Å². The van der Waals surface area contributed by atoms with Crippen LogP contribution in [0.5, 0.6) is 0 Å². The van der Waals surface area contributed by atoms with E-state index in [4.69, 9.17) is 4.52 Å². The number of hydrogen-bond acceptors (Lipinski definition) is 2. The lowest BCUT2D eigenvalue weighted by Crippen LogP contribution is -2.25. The summed E-state index contributed by atoms with van der Waals surface area (Å²) in [6.07, 6.45) is 0. The maximum atomic E-state index is 11.1. The summed E-state index contributed by atoms with van der Waals surface area (Å²) in [6, 6.07) is 3.69. The lowest BCUT2D eigenvalue weighted by Gasteiger charge is -1.93. The molecule has 0 radical (unpaired) electrons. The molecule has 2 rings (SSSR count). The molecule has 0 aliphatic carbocycles. The molecule has 0 unspecified atom stereocenters. The van der Waals surface area contributed by atoms with E-state index in [2.05, 4.69) is 31.9 Å². The first-order valence-corrected chi connectivity index (χ1v) is 5.16. The van der Waals surface area contributed by atoms with Gasteiger partial charge < -0.3 is 4.52 Å². The first-order chi connectivity index (χ1) is 6.09. The summed E-state index contributed by atoms with van der Waals surface area (Å²) in [4.78, 5) is 0.516. The van der Waals surface area contributed by atoms with Gasteiger partial charge in [0.05, 0.1) is 5.39 Å². The second-order valence-electron chi connectivity index (χ2n) is 2.70. The van der Waals surface area contributed by atoms with E-state index in [9.17, 15) is 5.21 Å². The highest BCUT2D eigenvalue weighted by atomic mass is 79.9. The van der Waals surface area contributed by atoms with Crippen molar-refractivity contribution in [3.8, 4) is 0 Å². The van der Waals surface area contributed by atoms with Gasteiger partial charge in [-0.25, -0.2) is 0 Å². The van der Waals surface area contributed by atoms with E-state index >= 15 is 0 Å². The molecule has 0 saturated carbocycles. The predicted molar refractivity (Wildman–Crippen MR) is 55.3 cm³/mol. The monoisotopic (exact) mass is 305 g/mol. The number of aryl methyl sites for hydroxylation is 1. The molecule has 0 saturated heterocycles. The summed E-state index contributed by atoms with van der Waals surface area (Å²) in [7, 11) is 0. The minimum absolute atomic E-state index is 0.516. The molecule has 0 aliphatic heterocycles. The number of halogens is 2. The highest BCUT2D eigenvalue weighted by Crippen LogP contribution is 2.29. The molecule has 0 spiro atoms. The fourth-order valence-electron chi connectivity index (χ4n) is 1.17. The van der Waals surface area contributed by atoms with E-state index < -0.39 is 0 Å². The van der Waals surface area contributed by atoms with Crippen LogP contribution in [-0.4, -0.2) is 0 Å². The van der Waals surface area contributed by atoms with Crippen LogP contribution in [0.15, 0.2) is 25.6 Å². The summed E-state index contributed by atoms with van der Waals surface area (Å²) < 4.78 is 6.66. The van der Waals surface area contributed by atoms with Gasteiger partial charge in [-0.05, 0) is 28.1 Å². The van der Waals surface area contributed by atoms with E-state index in [1.165, 1.54) is 0 Å². The topological polar surface area (TPSA) is 40.1 Å². The van der Waals surface area contributed by atoms with Gasteiger partial charge in [0.15, 0.2) is 0 Å². The molecule has 0 N–H and O–H groups in total. The van der Waals surface area contributed by atoms with Crippen LogP contribution in [0.25, 0.3) is 11.0 Å². The number of nitrogens with zero attached hydrogens (tertiary/aromatic N) is 1. The second-order valence-corrected chi connectivity index (χ2v) is 4.47. The third-order valence-electron chi connectivity index (χ3n) is 1.85. The highest BCUT2D eigenvalue weighted by Gasteiger charge is 2.13. The molecule has 0 amide bonds. The Morgan fingerprint density at radius 1 is 1.38 bits per heavy atom. The van der Waals surface area contributed by atoms with Crippen LogP contribution in [-0.2, 0) is 0 Å². The van der Waals surface area contributed by atoms with Gasteiger partial charge in [0, 0.05) is 20.8 Å². The van der Waals surface area contributed by atoms with Crippen molar-refractivity contribution in [2.75, 3.05) is 0 Å². The quantitative estimate of drug-likeness (QED) is 0.702. The fraction of sp³-hybridized carbons (Fsp3) is 0.125. The molecule has 1 aromatic carbocycles. The van der Waals surface area contributed by atoms with Crippen molar-refractivity contribution in [1.82, 2.24) is 0 Å². The summed E-state index contributed by atoms with van der Waals surface area (Å²) in [5.74, 6) is 0. The van der Waals surface area contributed by atoms with Gasteiger partial charge in [0.25, 0.3) is 5.69 Å². The zero-order valence-electron chi connectivity index (χ0n) is 6.67. The minimum Gasteiger partial charge on any atom is -0.365 e. The molecule has 1 aromatic heterocycles. The maximum absolute atomic E-state index is 11.1. The summed E-state index contributed by atoms with van der Waals surface area (Å²) >= 11 is 6.66. The Kier molecular flexibility index (Phi) is 2.08. The molecule has 1 heterocycles. The number of aromatic nitrogens is 1. The van der Waals surface area contributed by atoms with E-state index in [0.29, 0.717) is 16.2 Å². The van der Waals surface area contributed by atoms with Crippen molar-refractivity contribution in [3.63, 3.8) is 0 Å². The van der Waals surface area contributed by atoms with Crippen molar-refractivity contribution < 1.29 is 9.43 Å². The smallest absolute Gasteiger partial charge is 0.250 e. The van der Waals surface area contributed by atoms with Crippen LogP contribution in [0.1, 0.15) is 5.69 Å². The predicted octanol–water partition coefficient (Wildman–Crippen LogP) is 2.90. The minimum atomic E-state index is 0.516. The van der Waals surface area contributed by atoms with Crippen molar-refractivity contribution >= 4 is 42.8 Å². The summed E-state index contributed by atoms with van der Waals surface area (Å²) in [5, 5.41) is 11.9. The van der Waals surface area contributed by atoms with Crippen LogP contribution in [0.4, 0.5) is 0 Å². The molecule has 68 valence electrons. The Hall–Kier alpha value is -0.550. The lowest BCUT2D eigenvalue weighted by atomic mass is 10.2. The molecule has 3 nitrogen and oxygen atoms in total. The number of benzene rings is 1. The van der Waals surface area contributed by atoms with Crippen molar-refractivity contribution in [2.24, 2.45) is 0 Å². The van der Waals surface area contributed by atoms with Gasteiger partial charge in [0.1, 0.15) is 5.58 Å². The fourth-order valence-corrected chi connectivity index (χ4v) is 2.47. The second kappa shape index (κ2) is 2.99. The Bertz CT molecular complexity index is 478. The van der Waals surface area contributed by atoms with Gasteiger partial charge in [-0.15, -0.1) is 0 Å². The molecular weight excluding hydrogens is 302 g/mol. The van der Waals surface area contributed by atoms with E-state index in [0.717, 1.165) is 14.3 Å². The molecule has 0 aliphatic rings. The third-order valence-corrected chi connectivity index (χ3v) is 2.89. The SMILES string of the molecule is Cc1c2cc(Br)cc(Br)c2o[n+]1[O-]. The zero-order chi connectivity index (χ0) is 9.59. The summed E-state index contributed by atoms with van der Waals surface area (Å²) in [5.41, 5.74) is 1.15. The van der Waals surface area contributed by atoms with Gasteiger partial charge in [-0.3, -0.25) is 5.21 Å². The van der Waals surface area contributed by atoms with Gasteiger partial charge >= 0.3 is 0 Å². The standard InChI is InChI=1S/C8H5Br2NO2/c1-4-6-2-5(9)3-7(10)8(6)13-11(4)12/h2-3H,1H3. The maximum Gasteiger partial charge on any atom is 0.250 e. The molecule has 5 heteroatoms. The van der Waals surface area contributed by atoms with Crippen LogP contribution >= 0.6 is 31.9 Å². The molecule has 0 atom stereocenters. The molecule has 13 heavy (non-hydrogen) atoms. The first-order valence-electron chi connectivity index (χ1n) is 3.58. The lowest BCUT2D eigenvalue weighted by molar-refractivity contribution is -0.793. The Balaban J connectivity index is 2.94. The molecular formula is C8H5Br2NO2. The largest absolute Gasteiger partial charge is 0.365 e. The molecule has 0 fully saturated rings. The third kappa shape index (κ3) is 1.36. The Morgan fingerprint density at radius 3 is 2.77 bits per heavy atom. The van der Waals surface area contributed by atoms with E-state index in [-0.39, 0.29) is 0 Å². The van der Waals surface area contributed by atoms with Crippen LogP contribution < -0.4 is 4.90 Å². The summed E-state index contributed by atoms with van der Waals surface area (Å²) in [6.45, 7) is 1.72. The van der Waals surface area contributed by atoms with Crippen molar-refractivity contribution in [2.45, 2.75) is 6.92 Å². The number of rotatable bonds is 0. The average molecular weight is 307 g/mol. The number of hydrogen-bond donors (Lipinski definition) is 0. The van der Waals surface area contributed by atoms with Crippen molar-refractivity contribution in [3.05, 3.63) is 32.0 Å². The number of fused-ring (bicyclic) bond motifs is 1.